The molecule has 2 rings (SSSR count). The van der Waals surface area contributed by atoms with Crippen molar-refractivity contribution in [3.8, 4) is 5.75 Å². The second kappa shape index (κ2) is 7.14. The van der Waals surface area contributed by atoms with Crippen LogP contribution in [0, 0.1) is 0 Å². The van der Waals surface area contributed by atoms with Crippen LogP contribution in [0.3, 0.4) is 0 Å². The Kier molecular flexibility index (Phi) is 4.98. The van der Waals surface area contributed by atoms with Crippen LogP contribution in [-0.4, -0.2) is 25.3 Å². The molecule has 0 saturated carbocycles. The van der Waals surface area contributed by atoms with E-state index >= 15 is 0 Å². The minimum Gasteiger partial charge on any atom is -0.495 e. The summed E-state index contributed by atoms with van der Waals surface area (Å²) >= 11 is 0. The van der Waals surface area contributed by atoms with Crippen LogP contribution in [-0.2, 0) is 4.79 Å². The molecule has 0 aliphatic rings. The highest BCUT2D eigenvalue weighted by Crippen LogP contribution is 2.22. The fourth-order valence-corrected chi connectivity index (χ4v) is 1.69. The molecule has 0 bridgehead atoms. The molecule has 1 amide bonds. The predicted molar refractivity (Wildman–Crippen MR) is 80.5 cm³/mol. The molecule has 0 unspecified atom stereocenters. The molecule has 2 N–H and O–H groups in total. The van der Waals surface area contributed by atoms with Crippen LogP contribution >= 0.6 is 0 Å². The second-order valence-electron chi connectivity index (χ2n) is 4.26. The molecule has 6 heteroatoms. The number of rotatable bonds is 6. The lowest BCUT2D eigenvalue weighted by molar-refractivity contribution is -0.119. The van der Waals surface area contributed by atoms with Gasteiger partial charge in [0.25, 0.3) is 5.91 Å². The number of benzene rings is 1. The quantitative estimate of drug-likeness (QED) is 0.631. The number of carbonyl (C=O) groups is 1. The maximum Gasteiger partial charge on any atom is 0.259 e. The number of hydrazone groups is 1. The van der Waals surface area contributed by atoms with Gasteiger partial charge in [-0.05, 0) is 31.2 Å². The van der Waals surface area contributed by atoms with Crippen molar-refractivity contribution in [3.63, 3.8) is 0 Å². The molecule has 110 valence electrons. The van der Waals surface area contributed by atoms with E-state index in [4.69, 9.17) is 9.15 Å². The summed E-state index contributed by atoms with van der Waals surface area (Å²) in [6.07, 6.45) is 1.55. The molecule has 0 fully saturated rings. The zero-order valence-corrected chi connectivity index (χ0v) is 11.9. The number of furan rings is 1. The second-order valence-corrected chi connectivity index (χ2v) is 4.26. The van der Waals surface area contributed by atoms with Crippen molar-refractivity contribution in [2.24, 2.45) is 5.10 Å². The van der Waals surface area contributed by atoms with E-state index in [1.165, 1.54) is 0 Å². The molecule has 0 aliphatic carbocycles. The van der Waals surface area contributed by atoms with Crippen LogP contribution < -0.4 is 15.5 Å². The predicted octanol–water partition coefficient (Wildman–Crippen LogP) is 2.24. The number of ether oxygens (including phenoxy) is 1. The van der Waals surface area contributed by atoms with E-state index < -0.39 is 0 Å². The van der Waals surface area contributed by atoms with Gasteiger partial charge in [0.15, 0.2) is 0 Å². The summed E-state index contributed by atoms with van der Waals surface area (Å²) in [6, 6.07) is 10.9. The van der Waals surface area contributed by atoms with Crippen molar-refractivity contribution in [1.82, 2.24) is 5.43 Å². The molecule has 0 spiro atoms. The Morgan fingerprint density at radius 1 is 1.29 bits per heavy atom. The Bertz CT molecular complexity index is 621. The van der Waals surface area contributed by atoms with Crippen molar-refractivity contribution in [2.75, 3.05) is 19.0 Å². The first-order chi connectivity index (χ1) is 10.2. The first-order valence-electron chi connectivity index (χ1n) is 6.44. The molecule has 0 aliphatic heterocycles. The fraction of sp³-hybridized carbons (Fsp3) is 0.200. The zero-order chi connectivity index (χ0) is 15.1. The third kappa shape index (κ3) is 4.10. The summed E-state index contributed by atoms with van der Waals surface area (Å²) in [7, 11) is 1.58. The van der Waals surface area contributed by atoms with Crippen LogP contribution in [0.2, 0.25) is 0 Å². The Hall–Kier alpha value is -2.76. The first-order valence-corrected chi connectivity index (χ1v) is 6.44. The van der Waals surface area contributed by atoms with E-state index in [0.29, 0.717) is 17.2 Å². The van der Waals surface area contributed by atoms with E-state index in [2.05, 4.69) is 15.8 Å². The van der Waals surface area contributed by atoms with Crippen LogP contribution in [0.5, 0.6) is 5.75 Å². The van der Waals surface area contributed by atoms with E-state index in [-0.39, 0.29) is 12.5 Å². The smallest absolute Gasteiger partial charge is 0.259 e. The molecular weight excluding hydrogens is 270 g/mol. The maximum absolute atomic E-state index is 11.7. The Balaban J connectivity index is 1.86. The molecule has 1 aromatic heterocycles. The molecule has 2 aromatic rings. The average Bonchev–Trinajstić information content (AvgIpc) is 3.05. The number of carbonyl (C=O) groups excluding carboxylic acids is 1. The minimum atomic E-state index is -0.258. The van der Waals surface area contributed by atoms with Gasteiger partial charge < -0.3 is 14.5 Å². The van der Waals surface area contributed by atoms with E-state index in [1.807, 2.05) is 24.3 Å². The lowest BCUT2D eigenvalue weighted by atomic mass is 10.3. The van der Waals surface area contributed by atoms with Gasteiger partial charge in [-0.1, -0.05) is 12.1 Å². The van der Waals surface area contributed by atoms with Gasteiger partial charge in [-0.3, -0.25) is 4.79 Å². The number of hydrogen-bond donors (Lipinski definition) is 2. The number of anilines is 1. The molecule has 21 heavy (non-hydrogen) atoms. The van der Waals surface area contributed by atoms with Crippen molar-refractivity contribution < 1.29 is 13.9 Å². The largest absolute Gasteiger partial charge is 0.495 e. The summed E-state index contributed by atoms with van der Waals surface area (Å²) in [4.78, 5) is 11.7. The Morgan fingerprint density at radius 2 is 2.10 bits per heavy atom. The third-order valence-corrected chi connectivity index (χ3v) is 2.77. The molecule has 0 radical (unpaired) electrons. The number of para-hydroxylation sites is 2. The third-order valence-electron chi connectivity index (χ3n) is 2.77. The van der Waals surface area contributed by atoms with Crippen molar-refractivity contribution in [2.45, 2.75) is 6.92 Å². The maximum atomic E-state index is 11.7. The number of nitrogens with zero attached hydrogens (tertiary/aromatic N) is 1. The minimum absolute atomic E-state index is 0.0926. The number of nitrogens with one attached hydrogen (secondary N) is 2. The molecule has 1 heterocycles. The molecule has 0 saturated heterocycles. The monoisotopic (exact) mass is 287 g/mol. The van der Waals surface area contributed by atoms with Gasteiger partial charge in [0.2, 0.25) is 0 Å². The number of amides is 1. The van der Waals surface area contributed by atoms with Gasteiger partial charge in [-0.15, -0.1) is 0 Å². The Labute approximate surface area is 122 Å². The molecular formula is C15H17N3O3. The summed E-state index contributed by atoms with van der Waals surface area (Å²) in [5.74, 6) is 1.04. The molecule has 6 nitrogen and oxygen atoms in total. The lowest BCUT2D eigenvalue weighted by Crippen LogP contribution is -2.26. The summed E-state index contributed by atoms with van der Waals surface area (Å²) in [6.45, 7) is 1.85. The van der Waals surface area contributed by atoms with E-state index in [0.717, 1.165) is 5.69 Å². The normalized spacial score (nSPS) is 11.0. The fourth-order valence-electron chi connectivity index (χ4n) is 1.69. The molecule has 0 atom stereocenters. The topological polar surface area (TPSA) is 75.9 Å². The first kappa shape index (κ1) is 14.6. The standard InChI is InChI=1S/C15H17N3O3/c1-11(13-8-5-9-21-13)17-18-15(19)10-16-12-6-3-4-7-14(12)20-2/h3-9,16H,10H2,1-2H3,(H,18,19)/b17-11-. The van der Waals surface area contributed by atoms with Crippen LogP contribution in [0.25, 0.3) is 0 Å². The summed E-state index contributed by atoms with van der Waals surface area (Å²) < 4.78 is 10.4. The average molecular weight is 287 g/mol. The number of hydrogen-bond acceptors (Lipinski definition) is 5. The van der Waals surface area contributed by atoms with Crippen LogP contribution in [0.4, 0.5) is 5.69 Å². The van der Waals surface area contributed by atoms with E-state index in [1.54, 1.807) is 32.4 Å². The highest BCUT2D eigenvalue weighted by Gasteiger charge is 2.05. The highest BCUT2D eigenvalue weighted by molar-refractivity contribution is 5.97. The lowest BCUT2D eigenvalue weighted by Gasteiger charge is -2.09. The van der Waals surface area contributed by atoms with E-state index in [9.17, 15) is 4.79 Å². The van der Waals surface area contributed by atoms with Crippen LogP contribution in [0.1, 0.15) is 12.7 Å². The van der Waals surface area contributed by atoms with Gasteiger partial charge in [0.05, 0.1) is 25.6 Å². The van der Waals surface area contributed by atoms with Crippen molar-refractivity contribution >= 4 is 17.3 Å². The Morgan fingerprint density at radius 3 is 2.81 bits per heavy atom. The van der Waals surface area contributed by atoms with Crippen molar-refractivity contribution in [1.29, 1.82) is 0 Å². The van der Waals surface area contributed by atoms with Crippen molar-refractivity contribution in [3.05, 3.63) is 48.4 Å². The van der Waals surface area contributed by atoms with Gasteiger partial charge >= 0.3 is 0 Å². The van der Waals surface area contributed by atoms with Gasteiger partial charge in [-0.2, -0.15) is 5.10 Å². The van der Waals surface area contributed by atoms with Gasteiger partial charge in [0, 0.05) is 0 Å². The summed E-state index contributed by atoms with van der Waals surface area (Å²) in [5, 5.41) is 6.97. The zero-order valence-electron chi connectivity index (χ0n) is 11.9. The summed E-state index contributed by atoms with van der Waals surface area (Å²) in [5.41, 5.74) is 3.82. The van der Waals surface area contributed by atoms with Gasteiger partial charge in [-0.25, -0.2) is 5.43 Å². The van der Waals surface area contributed by atoms with Crippen LogP contribution in [0.15, 0.2) is 52.2 Å². The SMILES string of the molecule is COc1ccccc1NCC(=O)N/N=C(/C)c1ccco1. The molecule has 1 aromatic carbocycles. The highest BCUT2D eigenvalue weighted by atomic mass is 16.5. The van der Waals surface area contributed by atoms with Gasteiger partial charge in [0.1, 0.15) is 17.2 Å². The number of methoxy groups -OCH3 is 1.